The summed E-state index contributed by atoms with van der Waals surface area (Å²) < 4.78 is 5.71. The van der Waals surface area contributed by atoms with Crippen molar-refractivity contribution >= 4 is 11.9 Å². The molecule has 2 aromatic carbocycles. The lowest BCUT2D eigenvalue weighted by atomic mass is 9.88. The molecule has 0 aromatic heterocycles. The summed E-state index contributed by atoms with van der Waals surface area (Å²) >= 11 is 0. The molecule has 1 heterocycles. The predicted molar refractivity (Wildman–Crippen MR) is 115 cm³/mol. The Labute approximate surface area is 177 Å². The Morgan fingerprint density at radius 2 is 1.73 bits per heavy atom. The minimum absolute atomic E-state index is 0.0372. The number of carbonyl (C=O) groups is 2. The molecule has 30 heavy (non-hydrogen) atoms. The number of amides is 1. The third-order valence-corrected chi connectivity index (χ3v) is 5.54. The molecule has 6 heteroatoms. The molecule has 1 saturated heterocycles. The average Bonchev–Trinajstić information content (AvgIpc) is 2.75. The molecule has 1 aliphatic rings. The summed E-state index contributed by atoms with van der Waals surface area (Å²) in [6.07, 6.45) is 0.162. The van der Waals surface area contributed by atoms with Crippen LogP contribution in [-0.2, 0) is 27.5 Å². The van der Waals surface area contributed by atoms with Crippen molar-refractivity contribution in [3.05, 3.63) is 71.8 Å². The largest absolute Gasteiger partial charge is 0.481 e. The van der Waals surface area contributed by atoms with Crippen molar-refractivity contribution in [1.82, 2.24) is 10.2 Å². The summed E-state index contributed by atoms with van der Waals surface area (Å²) in [5.41, 5.74) is 2.21. The third-order valence-electron chi connectivity index (χ3n) is 5.54. The number of nitrogens with zero attached hydrogens (tertiary/aromatic N) is 1. The second kappa shape index (κ2) is 10.9. The number of carboxylic acid groups (broad SMARTS) is 1. The van der Waals surface area contributed by atoms with Crippen molar-refractivity contribution in [2.24, 2.45) is 5.92 Å². The Hall–Kier alpha value is -2.70. The first-order valence-electron chi connectivity index (χ1n) is 10.4. The van der Waals surface area contributed by atoms with Gasteiger partial charge in [-0.1, -0.05) is 60.7 Å². The number of likely N-dealkylation sites (tertiary alicyclic amines) is 1. The summed E-state index contributed by atoms with van der Waals surface area (Å²) in [7, 11) is 0. The highest BCUT2D eigenvalue weighted by atomic mass is 16.5. The van der Waals surface area contributed by atoms with Gasteiger partial charge >= 0.3 is 5.97 Å². The summed E-state index contributed by atoms with van der Waals surface area (Å²) in [6, 6.07) is 19.7. The predicted octanol–water partition coefficient (Wildman–Crippen LogP) is 3.07. The lowest BCUT2D eigenvalue weighted by molar-refractivity contribution is -0.140. The topological polar surface area (TPSA) is 78.9 Å². The zero-order valence-corrected chi connectivity index (χ0v) is 17.4. The minimum Gasteiger partial charge on any atom is -0.481 e. The van der Waals surface area contributed by atoms with Crippen LogP contribution in [0.2, 0.25) is 0 Å². The molecule has 160 valence electrons. The first-order valence-corrected chi connectivity index (χ1v) is 10.4. The van der Waals surface area contributed by atoms with E-state index in [1.54, 1.807) is 6.92 Å². The highest BCUT2D eigenvalue weighted by molar-refractivity contribution is 5.80. The SMILES string of the molecule is CC(OCc1ccccc1)C(=O)NC1CCN(Cc2ccccc2)CC1CC(=O)O. The van der Waals surface area contributed by atoms with Gasteiger partial charge in [0.05, 0.1) is 13.0 Å². The van der Waals surface area contributed by atoms with Crippen LogP contribution in [0, 0.1) is 5.92 Å². The van der Waals surface area contributed by atoms with Crippen LogP contribution >= 0.6 is 0 Å². The van der Waals surface area contributed by atoms with Crippen LogP contribution in [0.5, 0.6) is 0 Å². The van der Waals surface area contributed by atoms with Gasteiger partial charge in [0.15, 0.2) is 0 Å². The van der Waals surface area contributed by atoms with Gasteiger partial charge in [-0.2, -0.15) is 0 Å². The van der Waals surface area contributed by atoms with Crippen molar-refractivity contribution in [2.45, 2.75) is 45.1 Å². The molecule has 3 rings (SSSR count). The molecule has 0 saturated carbocycles. The lowest BCUT2D eigenvalue weighted by Gasteiger charge is -2.38. The normalized spacial score (nSPS) is 20.4. The van der Waals surface area contributed by atoms with Crippen molar-refractivity contribution in [3.8, 4) is 0 Å². The van der Waals surface area contributed by atoms with E-state index < -0.39 is 12.1 Å². The monoisotopic (exact) mass is 410 g/mol. The van der Waals surface area contributed by atoms with E-state index in [4.69, 9.17) is 4.74 Å². The number of ether oxygens (including phenoxy) is 1. The van der Waals surface area contributed by atoms with Gasteiger partial charge in [0.25, 0.3) is 0 Å². The van der Waals surface area contributed by atoms with Gasteiger partial charge in [0.2, 0.25) is 5.91 Å². The summed E-state index contributed by atoms with van der Waals surface area (Å²) in [5, 5.41) is 12.4. The molecule has 0 radical (unpaired) electrons. The van der Waals surface area contributed by atoms with E-state index in [1.807, 2.05) is 48.5 Å². The Morgan fingerprint density at radius 1 is 1.10 bits per heavy atom. The number of hydrogen-bond donors (Lipinski definition) is 2. The molecular formula is C24H30N2O4. The number of rotatable bonds is 9. The number of hydrogen-bond acceptors (Lipinski definition) is 4. The fourth-order valence-electron chi connectivity index (χ4n) is 3.89. The highest BCUT2D eigenvalue weighted by Gasteiger charge is 2.32. The summed E-state index contributed by atoms with van der Waals surface area (Å²) in [6.45, 7) is 4.34. The van der Waals surface area contributed by atoms with Crippen LogP contribution < -0.4 is 5.32 Å². The molecule has 1 amide bonds. The van der Waals surface area contributed by atoms with E-state index in [0.29, 0.717) is 13.2 Å². The molecule has 2 aromatic rings. The molecule has 3 unspecified atom stereocenters. The fourth-order valence-corrected chi connectivity index (χ4v) is 3.89. The quantitative estimate of drug-likeness (QED) is 0.664. The molecule has 1 aliphatic heterocycles. The number of carboxylic acids is 1. The fraction of sp³-hybridized carbons (Fsp3) is 0.417. The van der Waals surface area contributed by atoms with E-state index in [9.17, 15) is 14.7 Å². The van der Waals surface area contributed by atoms with E-state index in [2.05, 4.69) is 22.3 Å². The first kappa shape index (κ1) is 22.0. The average molecular weight is 411 g/mol. The van der Waals surface area contributed by atoms with Crippen LogP contribution in [0.4, 0.5) is 0 Å². The van der Waals surface area contributed by atoms with Crippen LogP contribution in [0.25, 0.3) is 0 Å². The molecular weight excluding hydrogens is 380 g/mol. The standard InChI is InChI=1S/C24H30N2O4/c1-18(30-17-20-10-6-3-7-11-20)24(29)25-22-12-13-26(16-21(22)14-23(27)28)15-19-8-4-2-5-9-19/h2-11,18,21-22H,12-17H2,1H3,(H,25,29)(H,27,28). The van der Waals surface area contributed by atoms with E-state index in [0.717, 1.165) is 25.1 Å². The Balaban J connectivity index is 1.54. The highest BCUT2D eigenvalue weighted by Crippen LogP contribution is 2.22. The van der Waals surface area contributed by atoms with Crippen molar-refractivity contribution in [1.29, 1.82) is 0 Å². The zero-order chi connectivity index (χ0) is 21.3. The van der Waals surface area contributed by atoms with Crippen molar-refractivity contribution in [3.63, 3.8) is 0 Å². The summed E-state index contributed by atoms with van der Waals surface area (Å²) in [5.74, 6) is -1.16. The van der Waals surface area contributed by atoms with Gasteiger partial charge in [0.1, 0.15) is 6.10 Å². The molecule has 6 nitrogen and oxygen atoms in total. The lowest BCUT2D eigenvalue weighted by Crippen LogP contribution is -2.53. The number of benzene rings is 2. The molecule has 1 fully saturated rings. The van der Waals surface area contributed by atoms with Gasteiger partial charge < -0.3 is 15.2 Å². The molecule has 0 aliphatic carbocycles. The number of carbonyl (C=O) groups excluding carboxylic acids is 1. The molecule has 2 N–H and O–H groups in total. The maximum atomic E-state index is 12.6. The van der Waals surface area contributed by atoms with E-state index >= 15 is 0 Å². The Bertz CT molecular complexity index is 812. The Kier molecular flexibility index (Phi) is 7.99. The van der Waals surface area contributed by atoms with Crippen LogP contribution in [0.15, 0.2) is 60.7 Å². The second-order valence-corrected chi connectivity index (χ2v) is 7.92. The summed E-state index contributed by atoms with van der Waals surface area (Å²) in [4.78, 5) is 26.3. The van der Waals surface area contributed by atoms with E-state index in [1.165, 1.54) is 5.56 Å². The number of nitrogens with one attached hydrogen (secondary N) is 1. The molecule has 0 bridgehead atoms. The molecule has 3 atom stereocenters. The van der Waals surface area contributed by atoms with Crippen molar-refractivity contribution < 1.29 is 19.4 Å². The smallest absolute Gasteiger partial charge is 0.303 e. The van der Waals surface area contributed by atoms with Gasteiger partial charge in [-0.25, -0.2) is 0 Å². The van der Waals surface area contributed by atoms with Gasteiger partial charge in [-0.05, 0) is 24.5 Å². The maximum absolute atomic E-state index is 12.6. The van der Waals surface area contributed by atoms with Crippen LogP contribution in [-0.4, -0.2) is 47.1 Å². The third kappa shape index (κ3) is 6.68. The van der Waals surface area contributed by atoms with Gasteiger partial charge in [-0.15, -0.1) is 0 Å². The first-order chi connectivity index (χ1) is 14.5. The maximum Gasteiger partial charge on any atom is 0.303 e. The van der Waals surface area contributed by atoms with Gasteiger partial charge in [-0.3, -0.25) is 14.5 Å². The second-order valence-electron chi connectivity index (χ2n) is 7.92. The van der Waals surface area contributed by atoms with Gasteiger partial charge in [0, 0.05) is 31.6 Å². The molecule has 0 spiro atoms. The minimum atomic E-state index is -0.839. The van der Waals surface area contributed by atoms with Crippen LogP contribution in [0.1, 0.15) is 30.9 Å². The number of aliphatic carboxylic acids is 1. The van der Waals surface area contributed by atoms with Crippen LogP contribution in [0.3, 0.4) is 0 Å². The van der Waals surface area contributed by atoms with Crippen molar-refractivity contribution in [2.75, 3.05) is 13.1 Å². The Morgan fingerprint density at radius 3 is 2.37 bits per heavy atom. The number of piperidine rings is 1. The van der Waals surface area contributed by atoms with E-state index in [-0.39, 0.29) is 24.3 Å². The zero-order valence-electron chi connectivity index (χ0n) is 17.4.